The lowest BCUT2D eigenvalue weighted by atomic mass is 10.1. The highest BCUT2D eigenvalue weighted by Crippen LogP contribution is 2.31. The van der Waals surface area contributed by atoms with Crippen molar-refractivity contribution in [3.63, 3.8) is 0 Å². The van der Waals surface area contributed by atoms with Crippen LogP contribution in [0.15, 0.2) is 53.0 Å². The van der Waals surface area contributed by atoms with E-state index in [1.165, 1.54) is 12.1 Å². The first-order valence-electron chi connectivity index (χ1n) is 9.25. The van der Waals surface area contributed by atoms with E-state index < -0.39 is 0 Å². The Morgan fingerprint density at radius 3 is 2.68 bits per heavy atom. The molecule has 1 N–H and O–H groups in total. The Hall–Kier alpha value is -2.41. The molecular formula is C21H22BrFN2O3. The van der Waals surface area contributed by atoms with Crippen LogP contribution in [0.3, 0.4) is 0 Å². The Balaban J connectivity index is 1.37. The Morgan fingerprint density at radius 1 is 1.18 bits per heavy atom. The van der Waals surface area contributed by atoms with Crippen LogP contribution < -0.4 is 15.0 Å². The van der Waals surface area contributed by atoms with E-state index in [2.05, 4.69) is 21.2 Å². The summed E-state index contributed by atoms with van der Waals surface area (Å²) in [6.07, 6.45) is 1.76. The van der Waals surface area contributed by atoms with Gasteiger partial charge in [0.25, 0.3) is 0 Å². The van der Waals surface area contributed by atoms with Gasteiger partial charge in [0.05, 0.1) is 18.2 Å². The molecule has 0 spiro atoms. The van der Waals surface area contributed by atoms with Gasteiger partial charge in [-0.3, -0.25) is 9.59 Å². The normalized spacial score (nSPS) is 16.3. The number of nitrogens with one attached hydrogen (secondary N) is 1. The fourth-order valence-electron chi connectivity index (χ4n) is 3.09. The number of carbonyl (C=O) groups excluding carboxylic acids is 2. The van der Waals surface area contributed by atoms with Gasteiger partial charge < -0.3 is 15.0 Å². The van der Waals surface area contributed by atoms with Gasteiger partial charge in [-0.1, -0.05) is 12.1 Å². The SMILES string of the molecule is O=C(NCCCCOc1ccc(F)cc1)C1CC(=O)N(c2ccccc2Br)C1. The fraction of sp³-hybridized carbons (Fsp3) is 0.333. The van der Waals surface area contributed by atoms with Crippen molar-refractivity contribution in [3.05, 3.63) is 58.8 Å². The number of nitrogens with zero attached hydrogens (tertiary/aromatic N) is 1. The molecule has 28 heavy (non-hydrogen) atoms. The third-order valence-corrected chi connectivity index (χ3v) is 5.26. The predicted molar refractivity (Wildman–Crippen MR) is 109 cm³/mol. The van der Waals surface area contributed by atoms with Crippen molar-refractivity contribution in [1.82, 2.24) is 5.32 Å². The molecule has 3 rings (SSSR count). The molecule has 1 atom stereocenters. The number of halogens is 2. The van der Waals surface area contributed by atoms with Crippen molar-refractivity contribution < 1.29 is 18.7 Å². The minimum absolute atomic E-state index is 0.0419. The lowest BCUT2D eigenvalue weighted by molar-refractivity contribution is -0.126. The molecule has 5 nitrogen and oxygen atoms in total. The van der Waals surface area contributed by atoms with E-state index in [-0.39, 0.29) is 30.0 Å². The van der Waals surface area contributed by atoms with Crippen molar-refractivity contribution in [2.24, 2.45) is 5.92 Å². The molecule has 0 radical (unpaired) electrons. The van der Waals surface area contributed by atoms with E-state index in [0.717, 1.165) is 23.0 Å². The van der Waals surface area contributed by atoms with E-state index in [1.54, 1.807) is 17.0 Å². The van der Waals surface area contributed by atoms with Crippen LogP contribution in [0.4, 0.5) is 10.1 Å². The summed E-state index contributed by atoms with van der Waals surface area (Å²) < 4.78 is 19.2. The number of anilines is 1. The van der Waals surface area contributed by atoms with E-state index in [4.69, 9.17) is 4.74 Å². The first-order valence-corrected chi connectivity index (χ1v) is 10.0. The van der Waals surface area contributed by atoms with Gasteiger partial charge in [0.1, 0.15) is 11.6 Å². The first kappa shape index (κ1) is 20.3. The molecule has 148 valence electrons. The van der Waals surface area contributed by atoms with Crippen molar-refractivity contribution in [2.75, 3.05) is 24.6 Å². The number of benzene rings is 2. The Kier molecular flexibility index (Phi) is 7.03. The van der Waals surface area contributed by atoms with E-state index in [9.17, 15) is 14.0 Å². The number of unbranched alkanes of at least 4 members (excludes halogenated alkanes) is 1. The summed E-state index contributed by atoms with van der Waals surface area (Å²) in [5.74, 6) is -0.141. The molecule has 1 saturated heterocycles. The standard InChI is InChI=1S/C21H22BrFN2O3/c22-18-5-1-2-6-19(18)25-14-15(13-20(25)26)21(27)24-11-3-4-12-28-17-9-7-16(23)8-10-17/h1-2,5-10,15H,3-4,11-14H2,(H,24,27). The summed E-state index contributed by atoms with van der Waals surface area (Å²) in [5, 5.41) is 2.90. The van der Waals surface area contributed by atoms with Gasteiger partial charge in [0, 0.05) is 24.0 Å². The predicted octanol–water partition coefficient (Wildman–Crippen LogP) is 3.92. The van der Waals surface area contributed by atoms with Gasteiger partial charge in [-0.05, 0) is 65.2 Å². The summed E-state index contributed by atoms with van der Waals surface area (Å²) in [6, 6.07) is 13.4. The average Bonchev–Trinajstić information content (AvgIpc) is 3.08. The summed E-state index contributed by atoms with van der Waals surface area (Å²) >= 11 is 3.45. The van der Waals surface area contributed by atoms with Crippen molar-refractivity contribution in [3.8, 4) is 5.75 Å². The van der Waals surface area contributed by atoms with Gasteiger partial charge in [-0.2, -0.15) is 0 Å². The lowest BCUT2D eigenvalue weighted by Gasteiger charge is -2.18. The molecule has 1 fully saturated rings. The zero-order valence-electron chi connectivity index (χ0n) is 15.4. The smallest absolute Gasteiger partial charge is 0.227 e. The highest BCUT2D eigenvalue weighted by molar-refractivity contribution is 9.10. The minimum Gasteiger partial charge on any atom is -0.494 e. The molecule has 2 aromatic carbocycles. The topological polar surface area (TPSA) is 58.6 Å². The maximum Gasteiger partial charge on any atom is 0.227 e. The second kappa shape index (κ2) is 9.68. The highest BCUT2D eigenvalue weighted by Gasteiger charge is 2.35. The zero-order valence-corrected chi connectivity index (χ0v) is 17.0. The number of para-hydroxylation sites is 1. The molecule has 1 aliphatic rings. The number of amides is 2. The third kappa shape index (κ3) is 5.32. The van der Waals surface area contributed by atoms with Crippen LogP contribution >= 0.6 is 15.9 Å². The number of rotatable bonds is 8. The summed E-state index contributed by atoms with van der Waals surface area (Å²) in [6.45, 7) is 1.42. The van der Waals surface area contributed by atoms with Crippen LogP contribution in [-0.4, -0.2) is 31.5 Å². The second-order valence-corrected chi connectivity index (χ2v) is 7.51. The summed E-state index contributed by atoms with van der Waals surface area (Å²) in [7, 11) is 0. The van der Waals surface area contributed by atoms with Gasteiger partial charge in [0.2, 0.25) is 11.8 Å². The van der Waals surface area contributed by atoms with Crippen molar-refractivity contribution in [2.45, 2.75) is 19.3 Å². The molecular weight excluding hydrogens is 427 g/mol. The highest BCUT2D eigenvalue weighted by atomic mass is 79.9. The summed E-state index contributed by atoms with van der Waals surface area (Å²) in [4.78, 5) is 26.3. The first-order chi connectivity index (χ1) is 13.5. The van der Waals surface area contributed by atoms with Crippen LogP contribution in [0, 0.1) is 11.7 Å². The maximum absolute atomic E-state index is 12.8. The molecule has 2 aromatic rings. The van der Waals surface area contributed by atoms with E-state index in [1.807, 2.05) is 24.3 Å². The van der Waals surface area contributed by atoms with Gasteiger partial charge >= 0.3 is 0 Å². The molecule has 1 aliphatic heterocycles. The van der Waals surface area contributed by atoms with Gasteiger partial charge in [-0.15, -0.1) is 0 Å². The Bertz CT molecular complexity index is 829. The zero-order chi connectivity index (χ0) is 19.9. The molecule has 1 heterocycles. The average molecular weight is 449 g/mol. The molecule has 0 bridgehead atoms. The van der Waals surface area contributed by atoms with E-state index >= 15 is 0 Å². The lowest BCUT2D eigenvalue weighted by Crippen LogP contribution is -2.33. The minimum atomic E-state index is -0.338. The van der Waals surface area contributed by atoms with Crippen molar-refractivity contribution >= 4 is 33.4 Å². The molecule has 1 unspecified atom stereocenters. The Labute approximate surface area is 172 Å². The van der Waals surface area contributed by atoms with Gasteiger partial charge in [-0.25, -0.2) is 4.39 Å². The number of ether oxygens (including phenoxy) is 1. The number of hydrogen-bond acceptors (Lipinski definition) is 3. The van der Waals surface area contributed by atoms with Crippen LogP contribution in [0.1, 0.15) is 19.3 Å². The maximum atomic E-state index is 12.8. The monoisotopic (exact) mass is 448 g/mol. The molecule has 0 aromatic heterocycles. The fourth-order valence-corrected chi connectivity index (χ4v) is 3.59. The third-order valence-electron chi connectivity index (χ3n) is 4.59. The Morgan fingerprint density at radius 2 is 1.93 bits per heavy atom. The molecule has 0 saturated carbocycles. The van der Waals surface area contributed by atoms with Crippen LogP contribution in [0.25, 0.3) is 0 Å². The van der Waals surface area contributed by atoms with Crippen LogP contribution in [-0.2, 0) is 9.59 Å². The second-order valence-electron chi connectivity index (χ2n) is 6.66. The summed E-state index contributed by atoms with van der Waals surface area (Å²) in [5.41, 5.74) is 0.792. The van der Waals surface area contributed by atoms with E-state index in [0.29, 0.717) is 25.4 Å². The van der Waals surface area contributed by atoms with Crippen LogP contribution in [0.5, 0.6) is 5.75 Å². The number of hydrogen-bond donors (Lipinski definition) is 1. The number of carbonyl (C=O) groups is 2. The molecule has 7 heteroatoms. The quantitative estimate of drug-likeness (QED) is 0.622. The van der Waals surface area contributed by atoms with Crippen LogP contribution in [0.2, 0.25) is 0 Å². The largest absolute Gasteiger partial charge is 0.494 e. The molecule has 0 aliphatic carbocycles. The molecule has 2 amide bonds. The van der Waals surface area contributed by atoms with Crippen molar-refractivity contribution in [1.29, 1.82) is 0 Å². The van der Waals surface area contributed by atoms with Gasteiger partial charge in [0.15, 0.2) is 0 Å².